The topological polar surface area (TPSA) is 35.5 Å². The van der Waals surface area contributed by atoms with Crippen LogP contribution in [0.1, 0.15) is 13.3 Å². The highest BCUT2D eigenvalue weighted by Gasteiger charge is 2.08. The minimum atomic E-state index is -0.307. The van der Waals surface area contributed by atoms with Crippen molar-refractivity contribution in [2.24, 2.45) is 0 Å². The molecule has 0 aromatic heterocycles. The molecule has 1 heterocycles. The Morgan fingerprint density at radius 3 is 2.89 bits per heavy atom. The van der Waals surface area contributed by atoms with Gasteiger partial charge in [0, 0.05) is 6.42 Å². The van der Waals surface area contributed by atoms with E-state index in [1.165, 1.54) is 6.08 Å². The number of esters is 1. The molecule has 0 aromatic rings. The van der Waals surface area contributed by atoms with E-state index in [1.807, 2.05) is 6.92 Å². The summed E-state index contributed by atoms with van der Waals surface area (Å²) in [4.78, 5) is 10.5. The summed E-state index contributed by atoms with van der Waals surface area (Å²) in [5.74, 6) is 0.393. The van der Waals surface area contributed by atoms with Gasteiger partial charge in [-0.1, -0.05) is 6.92 Å². The first-order valence-electron chi connectivity index (χ1n) is 2.83. The highest BCUT2D eigenvalue weighted by molar-refractivity contribution is 5.82. The van der Waals surface area contributed by atoms with Gasteiger partial charge in [0.25, 0.3) is 0 Å². The summed E-state index contributed by atoms with van der Waals surface area (Å²) in [6, 6.07) is 0. The summed E-state index contributed by atoms with van der Waals surface area (Å²) in [6.07, 6.45) is 2.11. The number of carbonyl (C=O) groups excluding carboxylic acids is 1. The van der Waals surface area contributed by atoms with Crippen molar-refractivity contribution in [3.05, 3.63) is 11.8 Å². The van der Waals surface area contributed by atoms with Gasteiger partial charge in [0.1, 0.15) is 5.76 Å². The maximum Gasteiger partial charge on any atom is 0.337 e. The van der Waals surface area contributed by atoms with Crippen LogP contribution in [0.4, 0.5) is 0 Å². The van der Waals surface area contributed by atoms with E-state index in [9.17, 15) is 4.79 Å². The fourth-order valence-corrected chi connectivity index (χ4v) is 0.582. The van der Waals surface area contributed by atoms with Crippen molar-refractivity contribution < 1.29 is 14.3 Å². The summed E-state index contributed by atoms with van der Waals surface area (Å²) in [5.41, 5.74) is 0. The zero-order valence-electron chi connectivity index (χ0n) is 5.22. The van der Waals surface area contributed by atoms with Gasteiger partial charge in [-0.25, -0.2) is 4.79 Å². The second kappa shape index (κ2) is 2.53. The Morgan fingerprint density at radius 2 is 2.44 bits per heavy atom. The van der Waals surface area contributed by atoms with Gasteiger partial charge in [0.15, 0.2) is 0 Å². The predicted molar refractivity (Wildman–Crippen MR) is 30.4 cm³/mol. The molecular weight excluding hydrogens is 120 g/mol. The van der Waals surface area contributed by atoms with Crippen molar-refractivity contribution in [3.8, 4) is 0 Å². The monoisotopic (exact) mass is 128 g/mol. The minimum absolute atomic E-state index is 0.0680. The molecule has 1 aliphatic rings. The minimum Gasteiger partial charge on any atom is -0.461 e. The van der Waals surface area contributed by atoms with Crippen molar-refractivity contribution in [1.82, 2.24) is 0 Å². The number of hydrogen-bond acceptors (Lipinski definition) is 3. The van der Waals surface area contributed by atoms with Crippen LogP contribution in [-0.2, 0) is 14.3 Å². The third-order valence-electron chi connectivity index (χ3n) is 1.07. The second-order valence-corrected chi connectivity index (χ2v) is 1.69. The van der Waals surface area contributed by atoms with Gasteiger partial charge in [-0.15, -0.1) is 0 Å². The number of ether oxygens (including phenoxy) is 2. The zero-order valence-corrected chi connectivity index (χ0v) is 5.22. The van der Waals surface area contributed by atoms with Gasteiger partial charge in [-0.3, -0.25) is 0 Å². The molecule has 0 N–H and O–H groups in total. The van der Waals surface area contributed by atoms with E-state index in [4.69, 9.17) is 4.74 Å². The maximum atomic E-state index is 10.5. The lowest BCUT2D eigenvalue weighted by Crippen LogP contribution is -2.12. The molecule has 0 aliphatic carbocycles. The Kier molecular flexibility index (Phi) is 1.72. The molecule has 0 aromatic carbocycles. The van der Waals surface area contributed by atoms with Crippen molar-refractivity contribution in [3.63, 3.8) is 0 Å². The first-order chi connectivity index (χ1) is 4.33. The lowest BCUT2D eigenvalue weighted by atomic mass is 10.3. The average molecular weight is 128 g/mol. The smallest absolute Gasteiger partial charge is 0.337 e. The van der Waals surface area contributed by atoms with E-state index in [1.54, 1.807) is 0 Å². The zero-order chi connectivity index (χ0) is 6.69. The molecule has 0 spiro atoms. The second-order valence-electron chi connectivity index (χ2n) is 1.69. The molecule has 0 amide bonds. The van der Waals surface area contributed by atoms with E-state index in [0.29, 0.717) is 5.76 Å². The summed E-state index contributed by atoms with van der Waals surface area (Å²) >= 11 is 0. The van der Waals surface area contributed by atoms with E-state index in [-0.39, 0.29) is 12.8 Å². The molecule has 0 fully saturated rings. The SMILES string of the molecule is CCC1=CC(=O)OCO1. The van der Waals surface area contributed by atoms with Crippen LogP contribution in [-0.4, -0.2) is 12.8 Å². The Balaban J connectivity index is 2.59. The summed E-state index contributed by atoms with van der Waals surface area (Å²) < 4.78 is 9.39. The lowest BCUT2D eigenvalue weighted by molar-refractivity contribution is -0.151. The molecule has 0 bridgehead atoms. The molecule has 0 unspecified atom stereocenters. The van der Waals surface area contributed by atoms with Crippen molar-refractivity contribution in [2.75, 3.05) is 6.79 Å². The Labute approximate surface area is 53.3 Å². The first kappa shape index (κ1) is 6.13. The molecule has 3 nitrogen and oxygen atoms in total. The van der Waals surface area contributed by atoms with Gasteiger partial charge in [0.2, 0.25) is 6.79 Å². The molecular formula is C6H8O3. The molecule has 0 saturated heterocycles. The maximum absolute atomic E-state index is 10.5. The quantitative estimate of drug-likeness (QED) is 0.490. The Hall–Kier alpha value is -0.990. The Bertz CT molecular complexity index is 148. The van der Waals surface area contributed by atoms with Crippen LogP contribution in [0.3, 0.4) is 0 Å². The van der Waals surface area contributed by atoms with Crippen LogP contribution in [0.5, 0.6) is 0 Å². The van der Waals surface area contributed by atoms with Crippen molar-refractivity contribution in [2.45, 2.75) is 13.3 Å². The lowest BCUT2D eigenvalue weighted by Gasteiger charge is -2.12. The van der Waals surface area contributed by atoms with E-state index in [2.05, 4.69) is 4.74 Å². The van der Waals surface area contributed by atoms with Crippen LogP contribution in [0, 0.1) is 0 Å². The molecule has 0 saturated carbocycles. The third kappa shape index (κ3) is 1.45. The standard InChI is InChI=1S/C6H8O3/c1-2-5-3-6(7)9-4-8-5/h3H,2,4H2,1H3. The van der Waals surface area contributed by atoms with Crippen molar-refractivity contribution in [1.29, 1.82) is 0 Å². The number of carbonyl (C=O) groups is 1. The van der Waals surface area contributed by atoms with Crippen molar-refractivity contribution >= 4 is 5.97 Å². The van der Waals surface area contributed by atoms with Crippen LogP contribution in [0.2, 0.25) is 0 Å². The molecule has 9 heavy (non-hydrogen) atoms. The molecule has 50 valence electrons. The predicted octanol–water partition coefficient (Wildman–Crippen LogP) is 0.811. The molecule has 1 rings (SSSR count). The van der Waals surface area contributed by atoms with Gasteiger partial charge >= 0.3 is 5.97 Å². The van der Waals surface area contributed by atoms with Crippen LogP contribution < -0.4 is 0 Å². The van der Waals surface area contributed by atoms with Gasteiger partial charge in [-0.05, 0) is 0 Å². The number of allylic oxidation sites excluding steroid dienone is 1. The number of hydrogen-bond donors (Lipinski definition) is 0. The first-order valence-corrected chi connectivity index (χ1v) is 2.83. The fourth-order valence-electron chi connectivity index (χ4n) is 0.582. The van der Waals surface area contributed by atoms with Gasteiger partial charge in [0.05, 0.1) is 6.08 Å². The molecule has 0 atom stereocenters. The normalized spacial score (nSPS) is 17.9. The number of rotatable bonds is 1. The van der Waals surface area contributed by atoms with E-state index >= 15 is 0 Å². The molecule has 0 radical (unpaired) electrons. The third-order valence-corrected chi connectivity index (χ3v) is 1.07. The average Bonchev–Trinajstić information content (AvgIpc) is 1.88. The van der Waals surface area contributed by atoms with Gasteiger partial charge in [-0.2, -0.15) is 0 Å². The summed E-state index contributed by atoms with van der Waals surface area (Å²) in [7, 11) is 0. The molecule has 1 aliphatic heterocycles. The van der Waals surface area contributed by atoms with E-state index < -0.39 is 0 Å². The highest BCUT2D eigenvalue weighted by Crippen LogP contribution is 2.07. The summed E-state index contributed by atoms with van der Waals surface area (Å²) in [5, 5.41) is 0. The highest BCUT2D eigenvalue weighted by atomic mass is 16.7. The van der Waals surface area contributed by atoms with Gasteiger partial charge < -0.3 is 9.47 Å². The molecule has 3 heteroatoms. The number of cyclic esters (lactones) is 1. The van der Waals surface area contributed by atoms with Crippen LogP contribution in [0.15, 0.2) is 11.8 Å². The van der Waals surface area contributed by atoms with Crippen LogP contribution >= 0.6 is 0 Å². The Morgan fingerprint density at radius 1 is 1.67 bits per heavy atom. The largest absolute Gasteiger partial charge is 0.461 e. The summed E-state index contributed by atoms with van der Waals surface area (Å²) in [6.45, 7) is 1.99. The van der Waals surface area contributed by atoms with E-state index in [0.717, 1.165) is 6.42 Å². The van der Waals surface area contributed by atoms with Crippen LogP contribution in [0.25, 0.3) is 0 Å². The fraction of sp³-hybridized carbons (Fsp3) is 0.500.